The number of rotatable bonds is 4. The summed E-state index contributed by atoms with van der Waals surface area (Å²) >= 11 is 0. The molecule has 1 N–H and O–H groups in total. The Hall–Kier alpha value is -0.0800. The average Bonchev–Trinajstić information content (AvgIpc) is 2.87. The summed E-state index contributed by atoms with van der Waals surface area (Å²) in [5.74, 6) is 1.16. The number of hydrogen-bond donors (Lipinski definition) is 1. The van der Waals surface area contributed by atoms with E-state index in [1.165, 1.54) is 71.4 Å². The molecule has 0 radical (unpaired) electrons. The summed E-state index contributed by atoms with van der Waals surface area (Å²) in [5.41, 5.74) is 0.644. The highest BCUT2D eigenvalue weighted by Crippen LogP contribution is 2.47. The zero-order valence-corrected chi connectivity index (χ0v) is 17.9. The van der Waals surface area contributed by atoms with E-state index < -0.39 is 0 Å². The Morgan fingerprint density at radius 2 is 1.88 bits per heavy atom. The van der Waals surface area contributed by atoms with Crippen LogP contribution in [0.15, 0.2) is 4.99 Å². The van der Waals surface area contributed by atoms with Crippen LogP contribution in [0.5, 0.6) is 0 Å². The van der Waals surface area contributed by atoms with E-state index in [9.17, 15) is 0 Å². The predicted octanol–water partition coefficient (Wildman–Crippen LogP) is 2.08. The lowest BCUT2D eigenvalue weighted by atomic mass is 9.68. The van der Waals surface area contributed by atoms with Crippen LogP contribution in [-0.2, 0) is 0 Å². The van der Waals surface area contributed by atoms with E-state index in [4.69, 9.17) is 4.99 Å². The number of nitrogens with zero attached hydrogens (tertiary/aromatic N) is 4. The van der Waals surface area contributed by atoms with Gasteiger partial charge in [0.05, 0.1) is 6.54 Å². The molecule has 0 atom stereocenters. The van der Waals surface area contributed by atoms with Crippen molar-refractivity contribution in [3.63, 3.8) is 0 Å². The Kier molecular flexibility index (Phi) is 8.07. The maximum Gasteiger partial charge on any atom is 0.193 e. The van der Waals surface area contributed by atoms with Gasteiger partial charge < -0.3 is 20.0 Å². The lowest BCUT2D eigenvalue weighted by molar-refractivity contribution is 0.151. The van der Waals surface area contributed by atoms with Crippen molar-refractivity contribution in [3.05, 3.63) is 0 Å². The molecule has 6 heteroatoms. The Balaban J connectivity index is 0.00000208. The van der Waals surface area contributed by atoms with Crippen molar-refractivity contribution in [2.24, 2.45) is 10.4 Å². The molecule has 0 aromatic carbocycles. The molecule has 1 saturated carbocycles. The monoisotopic (exact) mass is 449 g/mol. The molecule has 3 fully saturated rings. The number of aliphatic imine (C=N–C) groups is 1. The van der Waals surface area contributed by atoms with Crippen LogP contribution in [-0.4, -0.2) is 86.6 Å². The van der Waals surface area contributed by atoms with Crippen molar-refractivity contribution >= 4 is 29.9 Å². The van der Waals surface area contributed by atoms with Gasteiger partial charge in [-0.25, -0.2) is 0 Å². The first-order chi connectivity index (χ1) is 11.2. The smallest absolute Gasteiger partial charge is 0.193 e. The maximum absolute atomic E-state index is 4.94. The Labute approximate surface area is 165 Å². The number of likely N-dealkylation sites (tertiary alicyclic amines) is 1. The van der Waals surface area contributed by atoms with Gasteiger partial charge in [0.2, 0.25) is 0 Å². The van der Waals surface area contributed by atoms with E-state index in [0.717, 1.165) is 25.6 Å². The number of guanidine groups is 1. The first-order valence-electron chi connectivity index (χ1n) is 9.65. The van der Waals surface area contributed by atoms with Crippen LogP contribution >= 0.6 is 24.0 Å². The third-order valence-electron chi connectivity index (χ3n) is 5.98. The average molecular weight is 449 g/mol. The van der Waals surface area contributed by atoms with Crippen LogP contribution in [0.3, 0.4) is 0 Å². The van der Waals surface area contributed by atoms with Crippen LogP contribution in [0, 0.1) is 5.41 Å². The highest BCUT2D eigenvalue weighted by atomic mass is 127. The minimum Gasteiger partial charge on any atom is -0.357 e. The van der Waals surface area contributed by atoms with E-state index >= 15 is 0 Å². The summed E-state index contributed by atoms with van der Waals surface area (Å²) in [4.78, 5) is 12.5. The fourth-order valence-corrected chi connectivity index (χ4v) is 4.25. The standard InChI is InChI=1S/C18H35N5.HI/c1-3-19-17(23-12-8-18(16-23)6-4-7-18)20-9-13-22-11-5-10-21(2)14-15-22;/h3-16H2,1-2H3,(H,19,20);1H. The van der Waals surface area contributed by atoms with Gasteiger partial charge in [0.15, 0.2) is 5.96 Å². The van der Waals surface area contributed by atoms with Crippen molar-refractivity contribution < 1.29 is 0 Å². The molecule has 1 aliphatic carbocycles. The number of likely N-dealkylation sites (N-methyl/N-ethyl adjacent to an activating group) is 1. The highest BCUT2D eigenvalue weighted by molar-refractivity contribution is 14.0. The molecule has 1 spiro atoms. The van der Waals surface area contributed by atoms with Crippen molar-refractivity contribution in [1.29, 1.82) is 0 Å². The van der Waals surface area contributed by atoms with Gasteiger partial charge in [0, 0.05) is 39.3 Å². The van der Waals surface area contributed by atoms with Gasteiger partial charge in [0.1, 0.15) is 0 Å². The Bertz CT molecular complexity index is 410. The Morgan fingerprint density at radius 3 is 2.54 bits per heavy atom. The van der Waals surface area contributed by atoms with E-state index in [1.807, 2.05) is 0 Å². The van der Waals surface area contributed by atoms with E-state index in [-0.39, 0.29) is 24.0 Å². The highest BCUT2D eigenvalue weighted by Gasteiger charge is 2.43. The largest absolute Gasteiger partial charge is 0.357 e. The molecule has 0 bridgehead atoms. The van der Waals surface area contributed by atoms with Gasteiger partial charge in [-0.05, 0) is 58.2 Å². The van der Waals surface area contributed by atoms with Gasteiger partial charge in [-0.2, -0.15) is 0 Å². The maximum atomic E-state index is 4.94. The molecule has 5 nitrogen and oxygen atoms in total. The fraction of sp³-hybridized carbons (Fsp3) is 0.944. The van der Waals surface area contributed by atoms with Gasteiger partial charge in [-0.15, -0.1) is 24.0 Å². The summed E-state index contributed by atoms with van der Waals surface area (Å²) in [5, 5.41) is 3.52. The topological polar surface area (TPSA) is 34.1 Å². The molecule has 0 aromatic heterocycles. The molecule has 2 aliphatic heterocycles. The summed E-state index contributed by atoms with van der Waals surface area (Å²) in [6.45, 7) is 12.4. The molecule has 24 heavy (non-hydrogen) atoms. The first-order valence-corrected chi connectivity index (χ1v) is 9.65. The van der Waals surface area contributed by atoms with Crippen molar-refractivity contribution in [2.75, 3.05) is 66.0 Å². The summed E-state index contributed by atoms with van der Waals surface area (Å²) < 4.78 is 0. The predicted molar refractivity (Wildman–Crippen MR) is 112 cm³/mol. The third-order valence-corrected chi connectivity index (χ3v) is 5.98. The quantitative estimate of drug-likeness (QED) is 0.405. The number of nitrogens with one attached hydrogen (secondary N) is 1. The second-order valence-corrected chi connectivity index (χ2v) is 7.76. The van der Waals surface area contributed by atoms with E-state index in [2.05, 4.69) is 34.0 Å². The van der Waals surface area contributed by atoms with Crippen LogP contribution in [0.1, 0.15) is 39.0 Å². The molecule has 0 aromatic rings. The van der Waals surface area contributed by atoms with Crippen LogP contribution < -0.4 is 5.32 Å². The van der Waals surface area contributed by atoms with Crippen LogP contribution in [0.2, 0.25) is 0 Å². The molecule has 140 valence electrons. The fourth-order valence-electron chi connectivity index (χ4n) is 4.25. The minimum absolute atomic E-state index is 0. The summed E-state index contributed by atoms with van der Waals surface area (Å²) in [6, 6.07) is 0. The lowest BCUT2D eigenvalue weighted by Gasteiger charge is -2.38. The van der Waals surface area contributed by atoms with Crippen molar-refractivity contribution in [1.82, 2.24) is 20.0 Å². The Morgan fingerprint density at radius 1 is 1.04 bits per heavy atom. The molecule has 3 rings (SSSR count). The van der Waals surface area contributed by atoms with Gasteiger partial charge in [-0.3, -0.25) is 4.99 Å². The third kappa shape index (κ3) is 5.21. The molecule has 0 amide bonds. The number of hydrogen-bond acceptors (Lipinski definition) is 3. The molecular weight excluding hydrogens is 413 g/mol. The summed E-state index contributed by atoms with van der Waals surface area (Å²) in [6.07, 6.45) is 6.96. The van der Waals surface area contributed by atoms with Crippen molar-refractivity contribution in [3.8, 4) is 0 Å². The molecule has 2 saturated heterocycles. The lowest BCUT2D eigenvalue weighted by Crippen LogP contribution is -2.43. The van der Waals surface area contributed by atoms with Gasteiger partial charge in [-0.1, -0.05) is 6.42 Å². The molecule has 0 unspecified atom stereocenters. The van der Waals surface area contributed by atoms with Crippen LogP contribution in [0.4, 0.5) is 0 Å². The van der Waals surface area contributed by atoms with E-state index in [0.29, 0.717) is 5.41 Å². The van der Waals surface area contributed by atoms with Crippen LogP contribution in [0.25, 0.3) is 0 Å². The molecule has 2 heterocycles. The van der Waals surface area contributed by atoms with Gasteiger partial charge in [0.25, 0.3) is 0 Å². The zero-order valence-electron chi connectivity index (χ0n) is 15.6. The first kappa shape index (κ1) is 20.2. The normalized spacial score (nSPS) is 25.2. The zero-order chi connectivity index (χ0) is 16.1. The minimum atomic E-state index is 0. The SMILES string of the molecule is CCNC(=NCCN1CCCN(C)CC1)N1CCC2(CCC2)C1.I. The van der Waals surface area contributed by atoms with Crippen molar-refractivity contribution in [2.45, 2.75) is 39.0 Å². The second kappa shape index (κ2) is 9.57. The van der Waals surface area contributed by atoms with Gasteiger partial charge >= 0.3 is 0 Å². The second-order valence-electron chi connectivity index (χ2n) is 7.76. The van der Waals surface area contributed by atoms with E-state index in [1.54, 1.807) is 0 Å². The number of halogens is 1. The molecule has 3 aliphatic rings. The summed E-state index contributed by atoms with van der Waals surface area (Å²) in [7, 11) is 2.23. The molecular formula is C18H36IN5.